The van der Waals surface area contributed by atoms with Crippen LogP contribution in [0.25, 0.3) is 0 Å². The molecule has 0 radical (unpaired) electrons. The highest BCUT2D eigenvalue weighted by Crippen LogP contribution is 2.33. The predicted octanol–water partition coefficient (Wildman–Crippen LogP) is 1.94. The molecule has 0 spiro atoms. The number of hydrogen-bond donors (Lipinski definition) is 2. The lowest BCUT2D eigenvalue weighted by molar-refractivity contribution is -0.143. The van der Waals surface area contributed by atoms with Crippen molar-refractivity contribution in [2.75, 3.05) is 0 Å². The van der Waals surface area contributed by atoms with Gasteiger partial charge >= 0.3 is 5.97 Å². The van der Waals surface area contributed by atoms with Crippen LogP contribution in [-0.4, -0.2) is 23.0 Å². The van der Waals surface area contributed by atoms with Gasteiger partial charge in [-0.25, -0.2) is 4.79 Å². The van der Waals surface area contributed by atoms with Gasteiger partial charge in [-0.2, -0.15) is 0 Å². The number of nitrogens with one attached hydrogen (secondary N) is 1. The van der Waals surface area contributed by atoms with Crippen molar-refractivity contribution in [3.05, 3.63) is 0 Å². The van der Waals surface area contributed by atoms with Gasteiger partial charge < -0.3 is 10.4 Å². The van der Waals surface area contributed by atoms with Crippen molar-refractivity contribution in [2.24, 2.45) is 11.8 Å². The molecule has 1 amide bonds. The van der Waals surface area contributed by atoms with Gasteiger partial charge in [0.15, 0.2) is 0 Å². The maximum absolute atomic E-state index is 12.0. The number of aliphatic carboxylic acids is 1. The summed E-state index contributed by atoms with van der Waals surface area (Å²) in [5.74, 6) is -0.707. The molecule has 4 heteroatoms. The van der Waals surface area contributed by atoms with E-state index in [-0.39, 0.29) is 17.7 Å². The zero-order valence-electron chi connectivity index (χ0n) is 10.2. The minimum Gasteiger partial charge on any atom is -0.480 e. The average Bonchev–Trinajstić information content (AvgIpc) is 3.11. The molecule has 17 heavy (non-hydrogen) atoms. The van der Waals surface area contributed by atoms with E-state index in [2.05, 4.69) is 5.32 Å². The van der Waals surface area contributed by atoms with Crippen molar-refractivity contribution < 1.29 is 14.7 Å². The molecule has 0 aromatic heterocycles. The van der Waals surface area contributed by atoms with Gasteiger partial charge in [-0.1, -0.05) is 25.7 Å². The Kier molecular flexibility index (Phi) is 4.02. The largest absolute Gasteiger partial charge is 0.480 e. The first-order valence-electron chi connectivity index (χ1n) is 6.71. The highest BCUT2D eigenvalue weighted by atomic mass is 16.4. The van der Waals surface area contributed by atoms with Crippen LogP contribution in [0.2, 0.25) is 0 Å². The Morgan fingerprint density at radius 1 is 1.00 bits per heavy atom. The minimum absolute atomic E-state index is 0.0359. The summed E-state index contributed by atoms with van der Waals surface area (Å²) in [6.07, 6.45) is 8.30. The molecule has 4 nitrogen and oxygen atoms in total. The van der Waals surface area contributed by atoms with Crippen LogP contribution in [0.3, 0.4) is 0 Å². The summed E-state index contributed by atoms with van der Waals surface area (Å²) in [7, 11) is 0. The maximum atomic E-state index is 12.0. The van der Waals surface area contributed by atoms with Crippen molar-refractivity contribution in [1.82, 2.24) is 5.32 Å². The summed E-state index contributed by atoms with van der Waals surface area (Å²) < 4.78 is 0. The standard InChI is InChI=1S/C13H21NO3/c15-12(10-5-3-1-2-4-6-10)14-11(13(16)17)9-7-8-9/h9-11H,1-8H2,(H,14,15)(H,16,17). The van der Waals surface area contributed by atoms with Gasteiger partial charge in [0.25, 0.3) is 0 Å². The van der Waals surface area contributed by atoms with E-state index < -0.39 is 12.0 Å². The fourth-order valence-corrected chi connectivity index (χ4v) is 2.62. The van der Waals surface area contributed by atoms with Gasteiger partial charge in [-0.3, -0.25) is 4.79 Å². The summed E-state index contributed by atoms with van der Waals surface area (Å²) in [5.41, 5.74) is 0. The Balaban J connectivity index is 1.87. The van der Waals surface area contributed by atoms with Crippen LogP contribution in [0.4, 0.5) is 0 Å². The van der Waals surface area contributed by atoms with Gasteiger partial charge in [0.2, 0.25) is 5.91 Å². The Hall–Kier alpha value is -1.06. The van der Waals surface area contributed by atoms with E-state index in [0.717, 1.165) is 38.5 Å². The topological polar surface area (TPSA) is 66.4 Å². The zero-order chi connectivity index (χ0) is 12.3. The summed E-state index contributed by atoms with van der Waals surface area (Å²) in [4.78, 5) is 23.1. The molecule has 1 unspecified atom stereocenters. The van der Waals surface area contributed by atoms with Crippen LogP contribution in [0, 0.1) is 11.8 Å². The molecule has 0 bridgehead atoms. The predicted molar refractivity (Wildman–Crippen MR) is 63.5 cm³/mol. The Morgan fingerprint density at radius 3 is 2.06 bits per heavy atom. The van der Waals surface area contributed by atoms with Crippen molar-refractivity contribution in [1.29, 1.82) is 0 Å². The molecule has 0 aromatic rings. The maximum Gasteiger partial charge on any atom is 0.326 e. The van der Waals surface area contributed by atoms with Crippen LogP contribution < -0.4 is 5.32 Å². The molecule has 2 fully saturated rings. The van der Waals surface area contributed by atoms with Crippen molar-refractivity contribution in [3.8, 4) is 0 Å². The quantitative estimate of drug-likeness (QED) is 0.737. The number of carbonyl (C=O) groups is 2. The molecule has 2 aliphatic carbocycles. The number of hydrogen-bond acceptors (Lipinski definition) is 2. The fourth-order valence-electron chi connectivity index (χ4n) is 2.62. The van der Waals surface area contributed by atoms with Gasteiger partial charge in [-0.15, -0.1) is 0 Å². The molecule has 0 aliphatic heterocycles. The van der Waals surface area contributed by atoms with E-state index in [1.54, 1.807) is 0 Å². The van der Waals surface area contributed by atoms with Crippen LogP contribution in [0.1, 0.15) is 51.4 Å². The zero-order valence-corrected chi connectivity index (χ0v) is 10.2. The first-order valence-corrected chi connectivity index (χ1v) is 6.71. The third-order valence-electron chi connectivity index (χ3n) is 3.88. The second-order valence-electron chi connectivity index (χ2n) is 5.35. The highest BCUT2D eigenvalue weighted by Gasteiger charge is 2.38. The van der Waals surface area contributed by atoms with Crippen LogP contribution in [-0.2, 0) is 9.59 Å². The van der Waals surface area contributed by atoms with E-state index in [1.165, 1.54) is 12.8 Å². The van der Waals surface area contributed by atoms with Gasteiger partial charge in [0.1, 0.15) is 6.04 Å². The number of amides is 1. The van der Waals surface area contributed by atoms with E-state index in [1.807, 2.05) is 0 Å². The minimum atomic E-state index is -0.880. The molecule has 0 aromatic carbocycles. The third kappa shape index (κ3) is 3.45. The molecule has 2 rings (SSSR count). The van der Waals surface area contributed by atoms with E-state index in [4.69, 9.17) is 5.11 Å². The lowest BCUT2D eigenvalue weighted by atomic mass is 9.98. The second kappa shape index (κ2) is 5.52. The molecular formula is C13H21NO3. The lowest BCUT2D eigenvalue weighted by Crippen LogP contribution is -2.45. The molecule has 2 saturated carbocycles. The molecule has 2 aliphatic rings. The van der Waals surface area contributed by atoms with Crippen molar-refractivity contribution in [2.45, 2.75) is 57.4 Å². The SMILES string of the molecule is O=C(NC(C(=O)O)C1CC1)C1CCCCCC1. The summed E-state index contributed by atoms with van der Waals surface area (Å²) in [6, 6.07) is -0.647. The van der Waals surface area contributed by atoms with Crippen molar-refractivity contribution >= 4 is 11.9 Å². The monoisotopic (exact) mass is 239 g/mol. The molecular weight excluding hydrogens is 218 g/mol. The number of carbonyl (C=O) groups excluding carboxylic acids is 1. The molecule has 2 N–H and O–H groups in total. The van der Waals surface area contributed by atoms with Gasteiger partial charge in [-0.05, 0) is 31.6 Å². The number of carboxylic acids is 1. The molecule has 1 atom stereocenters. The van der Waals surface area contributed by atoms with Gasteiger partial charge in [0, 0.05) is 5.92 Å². The number of carboxylic acid groups (broad SMARTS) is 1. The van der Waals surface area contributed by atoms with Crippen LogP contribution >= 0.6 is 0 Å². The first-order chi connectivity index (χ1) is 8.18. The normalized spacial score (nSPS) is 23.8. The average molecular weight is 239 g/mol. The first kappa shape index (κ1) is 12.4. The Bertz CT molecular complexity index is 291. The summed E-state index contributed by atoms with van der Waals surface area (Å²) >= 11 is 0. The van der Waals surface area contributed by atoms with Crippen molar-refractivity contribution in [3.63, 3.8) is 0 Å². The Morgan fingerprint density at radius 2 is 1.59 bits per heavy atom. The Labute approximate surface area is 102 Å². The molecule has 96 valence electrons. The fraction of sp³-hybridized carbons (Fsp3) is 0.846. The smallest absolute Gasteiger partial charge is 0.326 e. The number of rotatable bonds is 4. The highest BCUT2D eigenvalue weighted by molar-refractivity contribution is 5.85. The molecule has 0 saturated heterocycles. The van der Waals surface area contributed by atoms with E-state index >= 15 is 0 Å². The summed E-state index contributed by atoms with van der Waals surface area (Å²) in [6.45, 7) is 0. The van der Waals surface area contributed by atoms with E-state index in [9.17, 15) is 9.59 Å². The molecule has 0 heterocycles. The van der Waals surface area contributed by atoms with Crippen LogP contribution in [0.15, 0.2) is 0 Å². The van der Waals surface area contributed by atoms with Crippen LogP contribution in [0.5, 0.6) is 0 Å². The lowest BCUT2D eigenvalue weighted by Gasteiger charge is -2.18. The van der Waals surface area contributed by atoms with Gasteiger partial charge in [0.05, 0.1) is 0 Å². The second-order valence-corrected chi connectivity index (χ2v) is 5.35. The third-order valence-corrected chi connectivity index (χ3v) is 3.88. The van der Waals surface area contributed by atoms with E-state index in [0.29, 0.717) is 0 Å². The summed E-state index contributed by atoms with van der Waals surface area (Å²) in [5, 5.41) is 11.8.